The molecule has 0 bridgehead atoms. The van der Waals surface area contributed by atoms with Crippen molar-refractivity contribution in [2.24, 2.45) is 5.73 Å². The van der Waals surface area contributed by atoms with Gasteiger partial charge in [0.1, 0.15) is 11.6 Å². The molecule has 0 aromatic heterocycles. The van der Waals surface area contributed by atoms with Gasteiger partial charge in [-0.3, -0.25) is 0 Å². The number of hydrogen-bond donors (Lipinski definition) is 2. The number of carbonyl (C=O) groups is 1. The van der Waals surface area contributed by atoms with Crippen molar-refractivity contribution >= 4 is 5.97 Å². The first kappa shape index (κ1) is 11.5. The molecular weight excluding hydrogens is 201 g/mol. The van der Waals surface area contributed by atoms with Crippen molar-refractivity contribution in [3.8, 4) is 5.75 Å². The van der Waals surface area contributed by atoms with Gasteiger partial charge >= 0.3 is 5.97 Å². The van der Waals surface area contributed by atoms with E-state index in [0.29, 0.717) is 5.56 Å². The summed E-state index contributed by atoms with van der Waals surface area (Å²) >= 11 is 0. The van der Waals surface area contributed by atoms with Crippen LogP contribution in [-0.2, 0) is 11.3 Å². The summed E-state index contributed by atoms with van der Waals surface area (Å²) in [5.74, 6) is -1.41. The number of carboxylic acids is 1. The van der Waals surface area contributed by atoms with Crippen molar-refractivity contribution in [3.63, 3.8) is 0 Å². The van der Waals surface area contributed by atoms with Gasteiger partial charge in [0, 0.05) is 18.2 Å². The van der Waals surface area contributed by atoms with Gasteiger partial charge in [-0.2, -0.15) is 0 Å². The van der Waals surface area contributed by atoms with E-state index in [9.17, 15) is 9.18 Å². The summed E-state index contributed by atoms with van der Waals surface area (Å²) < 4.78 is 18.2. The molecule has 1 atom stereocenters. The summed E-state index contributed by atoms with van der Waals surface area (Å²) in [5, 5.41) is 8.57. The van der Waals surface area contributed by atoms with Crippen molar-refractivity contribution in [2.45, 2.75) is 19.6 Å². The van der Waals surface area contributed by atoms with Crippen molar-refractivity contribution in [1.82, 2.24) is 0 Å². The molecule has 1 aromatic rings. The summed E-state index contributed by atoms with van der Waals surface area (Å²) in [7, 11) is 0. The normalized spacial score (nSPS) is 12.2. The van der Waals surface area contributed by atoms with Crippen LogP contribution in [0.2, 0.25) is 0 Å². The molecular formula is C10H12FNO3. The highest BCUT2D eigenvalue weighted by Gasteiger charge is 2.13. The Bertz CT molecular complexity index is 368. The second kappa shape index (κ2) is 4.75. The van der Waals surface area contributed by atoms with Crippen LogP contribution in [0.25, 0.3) is 0 Å². The Morgan fingerprint density at radius 1 is 1.67 bits per heavy atom. The third kappa shape index (κ3) is 2.92. The molecule has 82 valence electrons. The van der Waals surface area contributed by atoms with Gasteiger partial charge in [-0.15, -0.1) is 0 Å². The van der Waals surface area contributed by atoms with Crippen LogP contribution < -0.4 is 10.5 Å². The Labute approximate surface area is 86.5 Å². The van der Waals surface area contributed by atoms with E-state index in [1.54, 1.807) is 0 Å². The summed E-state index contributed by atoms with van der Waals surface area (Å²) in [6.07, 6.45) is -1.01. The second-order valence-electron chi connectivity index (χ2n) is 3.06. The largest absolute Gasteiger partial charge is 0.479 e. The molecule has 15 heavy (non-hydrogen) atoms. The molecule has 0 amide bonds. The number of benzene rings is 1. The monoisotopic (exact) mass is 213 g/mol. The molecule has 0 aliphatic rings. The lowest BCUT2D eigenvalue weighted by molar-refractivity contribution is -0.144. The highest BCUT2D eigenvalue weighted by molar-refractivity contribution is 5.72. The van der Waals surface area contributed by atoms with Crippen LogP contribution in [0, 0.1) is 5.82 Å². The lowest BCUT2D eigenvalue weighted by Gasteiger charge is -2.10. The number of halogens is 1. The summed E-state index contributed by atoms with van der Waals surface area (Å²) in [5.41, 5.74) is 5.64. The fourth-order valence-electron chi connectivity index (χ4n) is 1.02. The number of hydrogen-bond acceptors (Lipinski definition) is 3. The molecule has 4 nitrogen and oxygen atoms in total. The molecule has 1 aromatic carbocycles. The van der Waals surface area contributed by atoms with Gasteiger partial charge in [0.2, 0.25) is 0 Å². The van der Waals surface area contributed by atoms with Gasteiger partial charge in [-0.25, -0.2) is 9.18 Å². The Morgan fingerprint density at radius 3 is 2.80 bits per heavy atom. The first-order valence-corrected chi connectivity index (χ1v) is 4.42. The minimum atomic E-state index is -1.10. The van der Waals surface area contributed by atoms with Gasteiger partial charge in [-0.05, 0) is 13.0 Å². The third-order valence-corrected chi connectivity index (χ3v) is 1.91. The molecule has 0 spiro atoms. The summed E-state index contributed by atoms with van der Waals surface area (Å²) in [6, 6.07) is 4.09. The van der Waals surface area contributed by atoms with Crippen molar-refractivity contribution in [2.75, 3.05) is 0 Å². The van der Waals surface area contributed by atoms with E-state index >= 15 is 0 Å². The van der Waals surface area contributed by atoms with Crippen LogP contribution in [0.1, 0.15) is 12.5 Å². The maximum absolute atomic E-state index is 13.2. The minimum Gasteiger partial charge on any atom is -0.479 e. The molecule has 5 heteroatoms. The Hall–Kier alpha value is -1.62. The smallest absolute Gasteiger partial charge is 0.344 e. The summed E-state index contributed by atoms with van der Waals surface area (Å²) in [4.78, 5) is 10.5. The first-order valence-electron chi connectivity index (χ1n) is 4.42. The number of aliphatic carboxylic acids is 1. The van der Waals surface area contributed by atoms with Crippen LogP contribution in [0.15, 0.2) is 18.2 Å². The Morgan fingerprint density at radius 2 is 2.33 bits per heavy atom. The van der Waals surface area contributed by atoms with Crippen molar-refractivity contribution in [1.29, 1.82) is 0 Å². The first-order chi connectivity index (χ1) is 7.04. The van der Waals surface area contributed by atoms with E-state index in [-0.39, 0.29) is 12.3 Å². The second-order valence-corrected chi connectivity index (χ2v) is 3.06. The fraction of sp³-hybridized carbons (Fsp3) is 0.300. The fourth-order valence-corrected chi connectivity index (χ4v) is 1.02. The molecule has 0 heterocycles. The molecule has 0 fully saturated rings. The number of carboxylic acid groups (broad SMARTS) is 1. The number of ether oxygens (including phenoxy) is 1. The predicted molar refractivity (Wildman–Crippen MR) is 52.0 cm³/mol. The molecule has 0 aliphatic heterocycles. The Balaban J connectivity index is 2.79. The molecule has 0 saturated carbocycles. The van der Waals surface area contributed by atoms with Gasteiger partial charge in [0.25, 0.3) is 0 Å². The van der Waals surface area contributed by atoms with Gasteiger partial charge < -0.3 is 15.6 Å². The van der Waals surface area contributed by atoms with Crippen molar-refractivity contribution < 1.29 is 19.0 Å². The highest BCUT2D eigenvalue weighted by Crippen LogP contribution is 2.17. The van der Waals surface area contributed by atoms with Gasteiger partial charge in [0.05, 0.1) is 0 Å². The molecule has 3 N–H and O–H groups in total. The Kier molecular flexibility index (Phi) is 3.62. The molecule has 1 rings (SSSR count). The zero-order chi connectivity index (χ0) is 11.4. The van der Waals surface area contributed by atoms with Crippen LogP contribution in [-0.4, -0.2) is 17.2 Å². The highest BCUT2D eigenvalue weighted by atomic mass is 19.1. The standard InChI is InChI=1S/C10H12FNO3/c1-6(10(13)14)15-8-3-2-7(5-12)9(11)4-8/h2-4,6H,5,12H2,1H3,(H,13,14)/t6-/m1/s1. The molecule has 0 saturated heterocycles. The van der Waals surface area contributed by atoms with Gasteiger partial charge in [-0.1, -0.05) is 6.07 Å². The zero-order valence-electron chi connectivity index (χ0n) is 8.24. The lowest BCUT2D eigenvalue weighted by Crippen LogP contribution is -2.22. The predicted octanol–water partition coefficient (Wildman–Crippen LogP) is 1.14. The quantitative estimate of drug-likeness (QED) is 0.786. The average Bonchev–Trinajstić information content (AvgIpc) is 2.18. The van der Waals surface area contributed by atoms with E-state index in [4.69, 9.17) is 15.6 Å². The maximum atomic E-state index is 13.2. The van der Waals surface area contributed by atoms with Crippen LogP contribution in [0.4, 0.5) is 4.39 Å². The van der Waals surface area contributed by atoms with Crippen LogP contribution >= 0.6 is 0 Å². The minimum absolute atomic E-state index is 0.0978. The van der Waals surface area contributed by atoms with E-state index < -0.39 is 17.9 Å². The molecule has 0 radical (unpaired) electrons. The zero-order valence-corrected chi connectivity index (χ0v) is 8.24. The van der Waals surface area contributed by atoms with E-state index in [0.717, 1.165) is 6.07 Å². The third-order valence-electron chi connectivity index (χ3n) is 1.91. The van der Waals surface area contributed by atoms with Crippen molar-refractivity contribution in [3.05, 3.63) is 29.6 Å². The number of nitrogens with two attached hydrogens (primary N) is 1. The SMILES string of the molecule is C[C@@H](Oc1ccc(CN)c(F)c1)C(=O)O. The molecule has 0 aliphatic carbocycles. The van der Waals surface area contributed by atoms with Gasteiger partial charge in [0.15, 0.2) is 6.10 Å². The topological polar surface area (TPSA) is 72.5 Å². The van der Waals surface area contributed by atoms with Crippen LogP contribution in [0.5, 0.6) is 5.75 Å². The maximum Gasteiger partial charge on any atom is 0.344 e. The van der Waals surface area contributed by atoms with E-state index in [2.05, 4.69) is 0 Å². The van der Waals surface area contributed by atoms with E-state index in [1.807, 2.05) is 0 Å². The van der Waals surface area contributed by atoms with E-state index in [1.165, 1.54) is 19.1 Å². The summed E-state index contributed by atoms with van der Waals surface area (Å²) in [6.45, 7) is 1.47. The number of rotatable bonds is 4. The molecule has 0 unspecified atom stereocenters. The van der Waals surface area contributed by atoms with Crippen LogP contribution in [0.3, 0.4) is 0 Å². The lowest BCUT2D eigenvalue weighted by atomic mass is 10.2. The average molecular weight is 213 g/mol.